The smallest absolute Gasteiger partial charge is 0.335 e. The Bertz CT molecular complexity index is 899. The Labute approximate surface area is 232 Å². The van der Waals surface area contributed by atoms with E-state index in [2.05, 4.69) is 10.0 Å². The summed E-state index contributed by atoms with van der Waals surface area (Å²) in [5.41, 5.74) is 20.3. The zero-order chi connectivity index (χ0) is 30.4. The lowest BCUT2D eigenvalue weighted by atomic mass is 9.95. The van der Waals surface area contributed by atoms with Gasteiger partial charge in [0, 0.05) is 18.1 Å². The van der Waals surface area contributed by atoms with Crippen LogP contribution in [0.1, 0.15) is 6.42 Å². The lowest BCUT2D eigenvalue weighted by Gasteiger charge is -2.48. The predicted octanol–water partition coefficient (Wildman–Crippen LogP) is -5.82. The Morgan fingerprint density at radius 1 is 0.805 bits per heavy atom. The molecule has 15 atom stereocenters. The monoisotopic (exact) mass is 599 g/mol. The molecule has 0 aromatic heterocycles. The fraction of sp³-hybridized carbons (Fsp3) is 0.952. The highest BCUT2D eigenvalue weighted by molar-refractivity contribution is 5.73. The van der Waals surface area contributed by atoms with Crippen LogP contribution in [0.15, 0.2) is 5.11 Å². The van der Waals surface area contributed by atoms with Gasteiger partial charge in [-0.2, -0.15) is 0 Å². The van der Waals surface area contributed by atoms with Gasteiger partial charge >= 0.3 is 5.97 Å². The summed E-state index contributed by atoms with van der Waals surface area (Å²) in [6, 6.07) is -2.72. The van der Waals surface area contributed by atoms with Gasteiger partial charge in [0.15, 0.2) is 25.0 Å². The lowest BCUT2D eigenvalue weighted by Crippen LogP contribution is -2.68. The summed E-state index contributed by atoms with van der Waals surface area (Å²) in [5, 5.41) is 84.5. The van der Waals surface area contributed by atoms with Crippen molar-refractivity contribution in [3.8, 4) is 0 Å². The van der Waals surface area contributed by atoms with E-state index in [-0.39, 0.29) is 19.6 Å². The van der Waals surface area contributed by atoms with Crippen molar-refractivity contribution in [1.82, 2.24) is 0 Å². The van der Waals surface area contributed by atoms with Gasteiger partial charge in [0.05, 0.1) is 25.3 Å². The third-order valence-corrected chi connectivity index (χ3v) is 6.95. The summed E-state index contributed by atoms with van der Waals surface area (Å²) in [6.45, 7) is -1.33. The highest BCUT2D eigenvalue weighted by atomic mass is 16.7. The summed E-state index contributed by atoms with van der Waals surface area (Å²) < 4.78 is 32.8. The Morgan fingerprint density at radius 3 is 2.02 bits per heavy atom. The maximum absolute atomic E-state index is 12.1. The van der Waals surface area contributed by atoms with Crippen molar-refractivity contribution in [1.29, 1.82) is 0 Å². The number of hydrogen-bond acceptors (Lipinski definition) is 17. The van der Waals surface area contributed by atoms with Crippen LogP contribution in [0.2, 0.25) is 0 Å². The van der Waals surface area contributed by atoms with Gasteiger partial charge in [-0.1, -0.05) is 5.11 Å². The topological polar surface area (TPSA) is 335 Å². The highest BCUT2D eigenvalue weighted by Gasteiger charge is 2.54. The zero-order valence-electron chi connectivity index (χ0n) is 21.6. The molecule has 0 spiro atoms. The van der Waals surface area contributed by atoms with Crippen LogP contribution in [0.4, 0.5) is 0 Å². The molecule has 0 aromatic rings. The van der Waals surface area contributed by atoms with Gasteiger partial charge in [-0.3, -0.25) is 0 Å². The highest BCUT2D eigenvalue weighted by Crippen LogP contribution is 2.32. The third kappa shape index (κ3) is 7.58. The quantitative estimate of drug-likeness (QED) is 0.0432. The van der Waals surface area contributed by atoms with Crippen molar-refractivity contribution in [3.05, 3.63) is 10.4 Å². The number of carbonyl (C=O) groups is 1. The molecule has 0 bridgehead atoms. The van der Waals surface area contributed by atoms with Gasteiger partial charge in [0.2, 0.25) is 0 Å². The van der Waals surface area contributed by atoms with Gasteiger partial charge in [0.25, 0.3) is 0 Å². The van der Waals surface area contributed by atoms with E-state index >= 15 is 0 Å². The van der Waals surface area contributed by atoms with Crippen LogP contribution in [0.3, 0.4) is 0 Å². The zero-order valence-corrected chi connectivity index (χ0v) is 21.6. The van der Waals surface area contributed by atoms with Gasteiger partial charge in [-0.05, 0) is 12.0 Å². The molecule has 0 aromatic carbocycles. The predicted molar refractivity (Wildman–Crippen MR) is 128 cm³/mol. The molecule has 0 unspecified atom stereocenters. The maximum Gasteiger partial charge on any atom is 0.335 e. The van der Waals surface area contributed by atoms with Crippen LogP contribution in [-0.4, -0.2) is 165 Å². The Kier molecular flexibility index (Phi) is 12.4. The normalized spacial score (nSPS) is 45.1. The molecule has 41 heavy (non-hydrogen) atoms. The standard InChI is InChI=1S/C21H37N5O15/c22-8-12(31)10(29)6(4-27)38-20(8)40-16-13(32)14(33)21(41-17(16)18(34)35)39-15-9(23)19(36-3-1-2-25-26-24)37-7(5-28)11(15)30/h6-17,19-21,27-33H,1-5,22-23H2,(H,34,35)/t6-,7-,8-,9-,10-,11-,12-,13-,14-,15-,16+,17+,19-,20+,21-/m1/s1. The van der Waals surface area contributed by atoms with Crippen molar-refractivity contribution in [2.75, 3.05) is 26.4 Å². The van der Waals surface area contributed by atoms with E-state index < -0.39 is 111 Å². The second kappa shape index (κ2) is 15.1. The van der Waals surface area contributed by atoms with Crippen molar-refractivity contribution in [3.63, 3.8) is 0 Å². The molecule has 0 saturated carbocycles. The number of aliphatic hydroxyl groups is 7. The molecule has 0 radical (unpaired) electrons. The van der Waals surface area contributed by atoms with Gasteiger partial charge in [-0.25, -0.2) is 4.79 Å². The van der Waals surface area contributed by atoms with E-state index in [0.29, 0.717) is 0 Å². The average molecular weight is 600 g/mol. The molecule has 12 N–H and O–H groups in total. The van der Waals surface area contributed by atoms with Crippen LogP contribution in [-0.2, 0) is 33.2 Å². The molecule has 236 valence electrons. The fourth-order valence-corrected chi connectivity index (χ4v) is 4.63. The minimum Gasteiger partial charge on any atom is -0.479 e. The summed E-state index contributed by atoms with van der Waals surface area (Å²) in [4.78, 5) is 14.7. The molecule has 0 amide bonds. The third-order valence-electron chi connectivity index (χ3n) is 6.95. The van der Waals surface area contributed by atoms with Crippen molar-refractivity contribution < 1.29 is 74.1 Å². The maximum atomic E-state index is 12.1. The SMILES string of the molecule is [N-]=[N+]=NCCCO[C@@H]1O[C@H](CO)[C@@H](O)[C@H](O[C@@H]2O[C@H](C(=O)O)[C@@H](O[C@@H]3O[C@H](CO)[C@@H](O)[C@H](O)[C@H]3N)[C@H](O)[C@H]2O)[C@H]1N. The number of carboxylic acids is 1. The molecule has 3 rings (SSSR count). The first kappa shape index (κ1) is 33.7. The molecule has 3 fully saturated rings. The lowest BCUT2D eigenvalue weighted by molar-refractivity contribution is -0.358. The Morgan fingerprint density at radius 2 is 1.41 bits per heavy atom. The summed E-state index contributed by atoms with van der Waals surface area (Å²) >= 11 is 0. The number of aliphatic carboxylic acids is 1. The van der Waals surface area contributed by atoms with E-state index in [9.17, 15) is 45.6 Å². The molecule has 0 aliphatic carbocycles. The Hall–Kier alpha value is -1.82. The summed E-state index contributed by atoms with van der Waals surface area (Å²) in [7, 11) is 0. The van der Waals surface area contributed by atoms with E-state index in [4.69, 9.17) is 45.4 Å². The van der Waals surface area contributed by atoms with Gasteiger partial charge in [-0.15, -0.1) is 0 Å². The Balaban J connectivity index is 1.73. The minimum atomic E-state index is -2.03. The number of carboxylic acid groups (broad SMARTS) is 1. The van der Waals surface area contributed by atoms with Crippen LogP contribution in [0, 0.1) is 0 Å². The number of hydrogen-bond donors (Lipinski definition) is 10. The van der Waals surface area contributed by atoms with Crippen molar-refractivity contribution >= 4 is 5.97 Å². The second-order valence-corrected chi connectivity index (χ2v) is 9.70. The van der Waals surface area contributed by atoms with Crippen LogP contribution < -0.4 is 11.5 Å². The number of ether oxygens (including phenoxy) is 6. The minimum absolute atomic E-state index is 0.00790. The molecule has 20 nitrogen and oxygen atoms in total. The van der Waals surface area contributed by atoms with Crippen LogP contribution in [0.5, 0.6) is 0 Å². The van der Waals surface area contributed by atoms with Crippen molar-refractivity contribution in [2.24, 2.45) is 16.6 Å². The first-order chi connectivity index (χ1) is 19.5. The molecule has 3 saturated heterocycles. The number of aliphatic hydroxyl groups excluding tert-OH is 7. The molecular weight excluding hydrogens is 562 g/mol. The molecule has 3 aliphatic heterocycles. The van der Waals surface area contributed by atoms with Crippen molar-refractivity contribution in [2.45, 2.75) is 98.4 Å². The first-order valence-electron chi connectivity index (χ1n) is 12.7. The molecular formula is C21H37N5O15. The second-order valence-electron chi connectivity index (χ2n) is 9.70. The fourth-order valence-electron chi connectivity index (χ4n) is 4.63. The largest absolute Gasteiger partial charge is 0.479 e. The average Bonchev–Trinajstić information content (AvgIpc) is 2.95. The molecule has 3 aliphatic rings. The first-order valence-corrected chi connectivity index (χ1v) is 12.7. The van der Waals surface area contributed by atoms with Crippen LogP contribution >= 0.6 is 0 Å². The summed E-state index contributed by atoms with van der Waals surface area (Å²) in [6.07, 6.45) is -21.4. The molecule has 3 heterocycles. The number of azide groups is 1. The van der Waals surface area contributed by atoms with E-state index in [0.717, 1.165) is 0 Å². The van der Waals surface area contributed by atoms with E-state index in [1.54, 1.807) is 0 Å². The summed E-state index contributed by atoms with van der Waals surface area (Å²) in [5.74, 6) is -1.68. The van der Waals surface area contributed by atoms with E-state index in [1.165, 1.54) is 0 Å². The van der Waals surface area contributed by atoms with Crippen LogP contribution in [0.25, 0.3) is 10.4 Å². The van der Waals surface area contributed by atoms with Gasteiger partial charge < -0.3 is 80.7 Å². The number of nitrogens with zero attached hydrogens (tertiary/aromatic N) is 3. The van der Waals surface area contributed by atoms with E-state index in [1.807, 2.05) is 0 Å². The number of nitrogens with two attached hydrogens (primary N) is 2. The molecule has 20 heteroatoms. The van der Waals surface area contributed by atoms with Gasteiger partial charge in [0.1, 0.15) is 54.9 Å². The number of rotatable bonds is 12.